The summed E-state index contributed by atoms with van der Waals surface area (Å²) in [5.41, 5.74) is -0.994. The number of carbonyl (C=O) groups excluding carboxylic acids is 2. The van der Waals surface area contributed by atoms with Gasteiger partial charge in [-0.3, -0.25) is 9.59 Å². The van der Waals surface area contributed by atoms with Crippen LogP contribution in [0.4, 0.5) is 0 Å². The van der Waals surface area contributed by atoms with E-state index >= 15 is 0 Å². The van der Waals surface area contributed by atoms with Gasteiger partial charge in [0.05, 0.1) is 0 Å². The number of carbonyl (C=O) groups is 2. The maximum absolute atomic E-state index is 11.4. The van der Waals surface area contributed by atoms with E-state index in [1.54, 1.807) is 41.5 Å². The lowest BCUT2D eigenvalue weighted by molar-refractivity contribution is -0.155. The second kappa shape index (κ2) is 4.64. The summed E-state index contributed by atoms with van der Waals surface area (Å²) in [6.45, 7) is 10.7. The summed E-state index contributed by atoms with van der Waals surface area (Å²) in [7, 11) is 0. The molecular weight excluding hydrogens is 194 g/mol. The first-order chi connectivity index (χ1) is 6.52. The lowest BCUT2D eigenvalue weighted by Crippen LogP contribution is -2.40. The highest BCUT2D eigenvalue weighted by Crippen LogP contribution is 2.12. The molecule has 0 bridgehead atoms. The van der Waals surface area contributed by atoms with Gasteiger partial charge in [0.15, 0.2) is 0 Å². The minimum atomic E-state index is -0.510. The minimum absolute atomic E-state index is 0.0760. The molecule has 0 spiro atoms. The highest BCUT2D eigenvalue weighted by atomic mass is 16.6. The van der Waals surface area contributed by atoms with Crippen LogP contribution in [0.15, 0.2) is 0 Å². The molecule has 0 radical (unpaired) electrons. The first kappa shape index (κ1) is 13.9. The normalized spacial score (nSPS) is 12.1. The topological polar surface area (TPSA) is 55.4 Å². The quantitative estimate of drug-likeness (QED) is 0.710. The Labute approximate surface area is 91.4 Å². The lowest BCUT2D eigenvalue weighted by Gasteiger charge is -2.21. The van der Waals surface area contributed by atoms with Crippen molar-refractivity contribution in [3.63, 3.8) is 0 Å². The van der Waals surface area contributed by atoms with Crippen molar-refractivity contribution in [2.75, 3.05) is 6.54 Å². The molecule has 4 heteroatoms. The van der Waals surface area contributed by atoms with E-state index in [2.05, 4.69) is 5.32 Å². The van der Waals surface area contributed by atoms with Gasteiger partial charge in [-0.2, -0.15) is 0 Å². The van der Waals surface area contributed by atoms with Gasteiger partial charge >= 0.3 is 5.97 Å². The SMILES string of the molecule is CC(C)(C)OC(=O)CNC(=O)C(C)(C)C. The fraction of sp³-hybridized carbons (Fsp3) is 0.818. The Balaban J connectivity index is 3.98. The van der Waals surface area contributed by atoms with Crippen molar-refractivity contribution >= 4 is 11.9 Å². The van der Waals surface area contributed by atoms with Gasteiger partial charge in [0.1, 0.15) is 12.1 Å². The molecule has 0 fully saturated rings. The molecule has 88 valence electrons. The van der Waals surface area contributed by atoms with Crippen LogP contribution in [-0.2, 0) is 14.3 Å². The van der Waals surface area contributed by atoms with Gasteiger partial charge in [-0.15, -0.1) is 0 Å². The Morgan fingerprint density at radius 2 is 1.53 bits per heavy atom. The zero-order chi connectivity index (χ0) is 12.3. The maximum atomic E-state index is 11.4. The van der Waals surface area contributed by atoms with E-state index < -0.39 is 17.0 Å². The van der Waals surface area contributed by atoms with Crippen molar-refractivity contribution in [3.05, 3.63) is 0 Å². The molecule has 0 aliphatic heterocycles. The van der Waals surface area contributed by atoms with E-state index in [-0.39, 0.29) is 12.5 Å². The predicted octanol–water partition coefficient (Wildman–Crippen LogP) is 1.49. The van der Waals surface area contributed by atoms with Crippen LogP contribution in [0, 0.1) is 5.41 Å². The number of esters is 1. The van der Waals surface area contributed by atoms with Crippen LogP contribution in [0.1, 0.15) is 41.5 Å². The molecule has 0 saturated heterocycles. The third kappa shape index (κ3) is 6.94. The molecule has 0 saturated carbocycles. The van der Waals surface area contributed by atoms with Crippen LogP contribution in [0.5, 0.6) is 0 Å². The van der Waals surface area contributed by atoms with Gasteiger partial charge < -0.3 is 10.1 Å². The summed E-state index contributed by atoms with van der Waals surface area (Å²) in [6.07, 6.45) is 0. The van der Waals surface area contributed by atoms with Gasteiger partial charge in [0.2, 0.25) is 5.91 Å². The first-order valence-corrected chi connectivity index (χ1v) is 5.02. The first-order valence-electron chi connectivity index (χ1n) is 5.02. The molecule has 0 aromatic carbocycles. The summed E-state index contributed by atoms with van der Waals surface area (Å²) in [5.74, 6) is -0.576. The largest absolute Gasteiger partial charge is 0.459 e. The third-order valence-corrected chi connectivity index (χ3v) is 1.49. The Kier molecular flexibility index (Phi) is 4.31. The van der Waals surface area contributed by atoms with Crippen molar-refractivity contribution in [2.24, 2.45) is 5.41 Å². The summed E-state index contributed by atoms with van der Waals surface area (Å²) in [6, 6.07) is 0. The average Bonchev–Trinajstić information content (AvgIpc) is 1.94. The van der Waals surface area contributed by atoms with Gasteiger partial charge in [-0.25, -0.2) is 0 Å². The van der Waals surface area contributed by atoms with E-state index in [0.717, 1.165) is 0 Å². The monoisotopic (exact) mass is 215 g/mol. The van der Waals surface area contributed by atoms with Crippen LogP contribution in [0.2, 0.25) is 0 Å². The molecule has 0 aliphatic rings. The summed E-state index contributed by atoms with van der Waals surface area (Å²) < 4.78 is 5.05. The van der Waals surface area contributed by atoms with E-state index in [9.17, 15) is 9.59 Å². The van der Waals surface area contributed by atoms with Crippen LogP contribution >= 0.6 is 0 Å². The molecule has 0 atom stereocenters. The second-order valence-corrected chi connectivity index (χ2v) is 5.52. The molecule has 4 nitrogen and oxygen atoms in total. The van der Waals surface area contributed by atoms with Crippen LogP contribution in [-0.4, -0.2) is 24.0 Å². The third-order valence-electron chi connectivity index (χ3n) is 1.49. The summed E-state index contributed by atoms with van der Waals surface area (Å²) in [5, 5.41) is 2.53. The van der Waals surface area contributed by atoms with E-state index in [0.29, 0.717) is 0 Å². The maximum Gasteiger partial charge on any atom is 0.325 e. The molecule has 0 rings (SSSR count). The molecule has 0 aromatic rings. The summed E-state index contributed by atoms with van der Waals surface area (Å²) >= 11 is 0. The van der Waals surface area contributed by atoms with Gasteiger partial charge in [0, 0.05) is 5.41 Å². The molecule has 15 heavy (non-hydrogen) atoms. The second-order valence-electron chi connectivity index (χ2n) is 5.52. The molecule has 1 N–H and O–H groups in total. The van der Waals surface area contributed by atoms with Crippen molar-refractivity contribution in [2.45, 2.75) is 47.1 Å². The number of amides is 1. The lowest BCUT2D eigenvalue weighted by atomic mass is 9.96. The van der Waals surface area contributed by atoms with Gasteiger partial charge in [-0.05, 0) is 20.8 Å². The van der Waals surface area contributed by atoms with Crippen molar-refractivity contribution in [3.8, 4) is 0 Å². The molecule has 0 aromatic heterocycles. The molecular formula is C11H21NO3. The van der Waals surface area contributed by atoms with Crippen LogP contribution in [0.25, 0.3) is 0 Å². The Morgan fingerprint density at radius 3 is 1.87 bits per heavy atom. The smallest absolute Gasteiger partial charge is 0.325 e. The Hall–Kier alpha value is -1.06. The number of rotatable bonds is 2. The fourth-order valence-electron chi connectivity index (χ4n) is 0.795. The molecule has 0 aliphatic carbocycles. The standard InChI is InChI=1S/C11H21NO3/c1-10(2,3)9(14)12-7-8(13)15-11(4,5)6/h7H2,1-6H3,(H,12,14). The van der Waals surface area contributed by atoms with Gasteiger partial charge in [-0.1, -0.05) is 20.8 Å². The van der Waals surface area contributed by atoms with E-state index in [1.807, 2.05) is 0 Å². The molecule has 0 heterocycles. The van der Waals surface area contributed by atoms with Crippen LogP contribution in [0.3, 0.4) is 0 Å². The van der Waals surface area contributed by atoms with Crippen molar-refractivity contribution in [1.29, 1.82) is 0 Å². The highest BCUT2D eigenvalue weighted by Gasteiger charge is 2.22. The number of ether oxygens (including phenoxy) is 1. The van der Waals surface area contributed by atoms with Crippen LogP contribution < -0.4 is 5.32 Å². The molecule has 0 unspecified atom stereocenters. The average molecular weight is 215 g/mol. The van der Waals surface area contributed by atoms with Crippen molar-refractivity contribution in [1.82, 2.24) is 5.32 Å². The summed E-state index contributed by atoms with van der Waals surface area (Å²) in [4.78, 5) is 22.7. The number of nitrogens with one attached hydrogen (secondary N) is 1. The predicted molar refractivity (Wildman–Crippen MR) is 58.3 cm³/mol. The zero-order valence-electron chi connectivity index (χ0n) is 10.4. The number of hydrogen-bond donors (Lipinski definition) is 1. The Morgan fingerprint density at radius 1 is 1.07 bits per heavy atom. The van der Waals surface area contributed by atoms with E-state index in [4.69, 9.17) is 4.74 Å². The highest BCUT2D eigenvalue weighted by molar-refractivity contribution is 5.85. The Bertz CT molecular complexity index is 246. The van der Waals surface area contributed by atoms with Crippen molar-refractivity contribution < 1.29 is 14.3 Å². The molecule has 1 amide bonds. The van der Waals surface area contributed by atoms with Gasteiger partial charge in [0.25, 0.3) is 0 Å². The van der Waals surface area contributed by atoms with E-state index in [1.165, 1.54) is 0 Å². The zero-order valence-corrected chi connectivity index (χ0v) is 10.4. The fourth-order valence-corrected chi connectivity index (χ4v) is 0.795. The minimum Gasteiger partial charge on any atom is -0.459 e. The number of hydrogen-bond acceptors (Lipinski definition) is 3.